The van der Waals surface area contributed by atoms with Gasteiger partial charge >= 0.3 is 5.69 Å². The number of fused-ring (bicyclic) bond motifs is 1. The van der Waals surface area contributed by atoms with Crippen molar-refractivity contribution in [2.24, 2.45) is 0 Å². The Bertz CT molecular complexity index is 1130. The third kappa shape index (κ3) is 4.02. The molecule has 3 heterocycles. The summed E-state index contributed by atoms with van der Waals surface area (Å²) in [6.07, 6.45) is 2.72. The summed E-state index contributed by atoms with van der Waals surface area (Å²) in [5.41, 5.74) is -1.32. The van der Waals surface area contributed by atoms with Gasteiger partial charge in [0.2, 0.25) is 5.91 Å². The second kappa shape index (κ2) is 7.92. The second-order valence-corrected chi connectivity index (χ2v) is 8.43. The molecule has 2 aliphatic heterocycles. The summed E-state index contributed by atoms with van der Waals surface area (Å²) < 4.78 is 7.46. The van der Waals surface area contributed by atoms with Crippen molar-refractivity contribution in [1.82, 2.24) is 14.5 Å². The Hall–Kier alpha value is -2.58. The van der Waals surface area contributed by atoms with E-state index in [1.54, 1.807) is 17.0 Å². The molecule has 1 spiro atoms. The smallest absolute Gasteiger partial charge is 0.328 e. The monoisotopic (exact) mass is 451 g/mol. The van der Waals surface area contributed by atoms with Crippen LogP contribution in [0.25, 0.3) is 0 Å². The van der Waals surface area contributed by atoms with E-state index >= 15 is 0 Å². The molecule has 4 rings (SSSR count). The highest BCUT2D eigenvalue weighted by Gasteiger charge is 2.44. The third-order valence-corrected chi connectivity index (χ3v) is 6.10. The number of carbonyl (C=O) groups excluding carboxylic acids is 2. The quantitative estimate of drug-likeness (QED) is 0.770. The zero-order valence-corrected chi connectivity index (χ0v) is 17.5. The van der Waals surface area contributed by atoms with Gasteiger partial charge < -0.3 is 14.2 Å². The predicted molar refractivity (Wildman–Crippen MR) is 111 cm³/mol. The third-order valence-electron chi connectivity index (χ3n) is 5.60. The van der Waals surface area contributed by atoms with Crippen molar-refractivity contribution in [1.29, 1.82) is 0 Å². The molecule has 2 aliphatic rings. The van der Waals surface area contributed by atoms with Crippen LogP contribution in [0.4, 0.5) is 0 Å². The van der Waals surface area contributed by atoms with Crippen molar-refractivity contribution in [3.05, 3.63) is 60.8 Å². The SMILES string of the molecule is O=C1CC2(CCN(C(=O)CCn3ccc(=O)[nH]c3=O)CC2)Oc2c(Cl)cc(Cl)cc21. The zero-order chi connectivity index (χ0) is 21.5. The molecule has 30 heavy (non-hydrogen) atoms. The van der Waals surface area contributed by atoms with Crippen LogP contribution < -0.4 is 16.0 Å². The average Bonchev–Trinajstić information content (AvgIpc) is 2.69. The van der Waals surface area contributed by atoms with Crippen LogP contribution in [0.1, 0.15) is 36.0 Å². The molecular weight excluding hydrogens is 433 g/mol. The summed E-state index contributed by atoms with van der Waals surface area (Å²) in [4.78, 5) is 51.9. The minimum atomic E-state index is -0.686. The zero-order valence-electron chi connectivity index (χ0n) is 16.0. The number of carbonyl (C=O) groups is 2. The molecule has 1 amide bonds. The van der Waals surface area contributed by atoms with Crippen LogP contribution in [0.5, 0.6) is 5.75 Å². The van der Waals surface area contributed by atoms with Gasteiger partial charge in [-0.2, -0.15) is 0 Å². The molecule has 1 fully saturated rings. The van der Waals surface area contributed by atoms with Crippen LogP contribution in [0.15, 0.2) is 34.0 Å². The largest absolute Gasteiger partial charge is 0.484 e. The number of hydrogen-bond donors (Lipinski definition) is 1. The lowest BCUT2D eigenvalue weighted by molar-refractivity contribution is -0.135. The van der Waals surface area contributed by atoms with Crippen LogP contribution in [0.3, 0.4) is 0 Å². The van der Waals surface area contributed by atoms with E-state index in [0.29, 0.717) is 47.3 Å². The molecule has 0 saturated carbocycles. The van der Waals surface area contributed by atoms with E-state index in [-0.39, 0.29) is 31.1 Å². The number of halogens is 2. The fraction of sp³-hybridized carbons (Fsp3) is 0.400. The van der Waals surface area contributed by atoms with Crippen molar-refractivity contribution in [2.45, 2.75) is 37.8 Å². The first-order chi connectivity index (χ1) is 14.3. The van der Waals surface area contributed by atoms with E-state index in [1.807, 2.05) is 0 Å². The van der Waals surface area contributed by atoms with Gasteiger partial charge in [0.05, 0.1) is 17.0 Å². The van der Waals surface area contributed by atoms with Crippen LogP contribution in [0.2, 0.25) is 10.0 Å². The van der Waals surface area contributed by atoms with Crippen molar-refractivity contribution < 1.29 is 14.3 Å². The summed E-state index contributed by atoms with van der Waals surface area (Å²) in [6, 6.07) is 4.35. The van der Waals surface area contributed by atoms with Gasteiger partial charge in [-0.05, 0) is 12.1 Å². The number of amides is 1. The molecule has 1 aromatic carbocycles. The number of hydrogen-bond acceptors (Lipinski definition) is 5. The highest BCUT2D eigenvalue weighted by Crippen LogP contribution is 2.44. The van der Waals surface area contributed by atoms with E-state index in [1.165, 1.54) is 16.8 Å². The first kappa shape index (κ1) is 20.7. The van der Waals surface area contributed by atoms with Crippen LogP contribution in [0, 0.1) is 0 Å². The first-order valence-corrected chi connectivity index (χ1v) is 10.3. The number of rotatable bonds is 3. The summed E-state index contributed by atoms with van der Waals surface area (Å²) in [6.45, 7) is 1.05. The molecule has 158 valence electrons. The number of piperidine rings is 1. The predicted octanol–water partition coefficient (Wildman–Crippen LogP) is 2.26. The summed E-state index contributed by atoms with van der Waals surface area (Å²) in [5.74, 6) is 0.183. The molecule has 0 radical (unpaired) electrons. The van der Waals surface area contributed by atoms with Gasteiger partial charge in [-0.15, -0.1) is 0 Å². The van der Waals surface area contributed by atoms with Crippen LogP contribution in [-0.2, 0) is 11.3 Å². The number of nitrogens with zero attached hydrogens (tertiary/aromatic N) is 2. The maximum Gasteiger partial charge on any atom is 0.328 e. The number of aryl methyl sites for hydroxylation is 1. The maximum absolute atomic E-state index is 12.7. The van der Waals surface area contributed by atoms with E-state index in [9.17, 15) is 19.2 Å². The Kier molecular flexibility index (Phi) is 5.46. The molecule has 0 unspecified atom stereocenters. The number of Topliss-reactive ketones (excluding diaryl/α,β-unsaturated/α-hetero) is 1. The fourth-order valence-corrected chi connectivity index (χ4v) is 4.48. The molecular formula is C20H19Cl2N3O5. The van der Waals surface area contributed by atoms with E-state index < -0.39 is 16.9 Å². The number of benzene rings is 1. The number of H-pyrrole nitrogens is 1. The highest BCUT2D eigenvalue weighted by molar-refractivity contribution is 6.36. The molecule has 0 atom stereocenters. The lowest BCUT2D eigenvalue weighted by Crippen LogP contribution is -2.52. The molecule has 10 heteroatoms. The maximum atomic E-state index is 12.7. The Morgan fingerprint density at radius 2 is 1.90 bits per heavy atom. The summed E-state index contributed by atoms with van der Waals surface area (Å²) in [7, 11) is 0. The number of nitrogens with one attached hydrogen (secondary N) is 1. The van der Waals surface area contributed by atoms with Crippen molar-refractivity contribution in [3.63, 3.8) is 0 Å². The van der Waals surface area contributed by atoms with Gasteiger partial charge in [0.15, 0.2) is 5.78 Å². The van der Waals surface area contributed by atoms with Gasteiger partial charge in [-0.3, -0.25) is 19.4 Å². The molecule has 1 saturated heterocycles. The van der Waals surface area contributed by atoms with Crippen LogP contribution in [-0.4, -0.2) is 44.8 Å². The van der Waals surface area contributed by atoms with Gasteiger partial charge in [0.1, 0.15) is 11.4 Å². The van der Waals surface area contributed by atoms with Gasteiger partial charge in [-0.25, -0.2) is 4.79 Å². The Morgan fingerprint density at radius 3 is 2.60 bits per heavy atom. The Morgan fingerprint density at radius 1 is 1.17 bits per heavy atom. The van der Waals surface area contributed by atoms with Gasteiger partial charge in [0.25, 0.3) is 5.56 Å². The molecule has 1 aromatic heterocycles. The molecule has 0 bridgehead atoms. The minimum Gasteiger partial charge on any atom is -0.484 e. The van der Waals surface area contributed by atoms with E-state index in [0.717, 1.165) is 0 Å². The van der Waals surface area contributed by atoms with E-state index in [2.05, 4.69) is 4.98 Å². The molecule has 1 N–H and O–H groups in total. The number of aromatic nitrogens is 2. The average molecular weight is 452 g/mol. The Balaban J connectivity index is 1.40. The number of likely N-dealkylation sites (tertiary alicyclic amines) is 1. The molecule has 8 nitrogen and oxygen atoms in total. The standard InChI is InChI=1S/C20H19Cl2N3O5/c21-12-9-13-15(26)11-20(30-18(13)14(22)10-12)3-7-24(8-4-20)17(28)2-6-25-5-1-16(27)23-19(25)29/h1,5,9-10H,2-4,6-8,11H2,(H,23,27,29). The highest BCUT2D eigenvalue weighted by atomic mass is 35.5. The number of ether oxygens (including phenoxy) is 1. The number of aromatic amines is 1. The van der Waals surface area contributed by atoms with Crippen molar-refractivity contribution in [2.75, 3.05) is 13.1 Å². The topological polar surface area (TPSA) is 101 Å². The van der Waals surface area contributed by atoms with Crippen LogP contribution >= 0.6 is 23.2 Å². The van der Waals surface area contributed by atoms with Gasteiger partial charge in [0, 0.05) is 56.2 Å². The first-order valence-electron chi connectivity index (χ1n) is 9.55. The van der Waals surface area contributed by atoms with E-state index in [4.69, 9.17) is 27.9 Å². The minimum absolute atomic E-state index is 0.0714. The molecule has 2 aromatic rings. The normalized spacial score (nSPS) is 17.5. The number of ketones is 1. The summed E-state index contributed by atoms with van der Waals surface area (Å²) in [5, 5.41) is 0.684. The lowest BCUT2D eigenvalue weighted by Gasteiger charge is -2.44. The second-order valence-electron chi connectivity index (χ2n) is 7.58. The van der Waals surface area contributed by atoms with Crippen molar-refractivity contribution >= 4 is 34.9 Å². The summed E-state index contributed by atoms with van der Waals surface area (Å²) >= 11 is 12.2. The Labute approximate surface area is 181 Å². The van der Waals surface area contributed by atoms with Crippen molar-refractivity contribution in [3.8, 4) is 5.75 Å². The van der Waals surface area contributed by atoms with Gasteiger partial charge in [-0.1, -0.05) is 23.2 Å². The fourth-order valence-electron chi connectivity index (χ4n) is 3.95. The molecule has 0 aliphatic carbocycles. The lowest BCUT2D eigenvalue weighted by atomic mass is 9.82.